The van der Waals surface area contributed by atoms with Crippen LogP contribution in [0.2, 0.25) is 0 Å². The molecule has 0 bridgehead atoms. The molecule has 13 heavy (non-hydrogen) atoms. The number of nitrogens with zero attached hydrogens (tertiary/aromatic N) is 1. The van der Waals surface area contributed by atoms with Gasteiger partial charge in [-0.1, -0.05) is 0 Å². The lowest BCUT2D eigenvalue weighted by atomic mass is 10.4. The predicted molar refractivity (Wildman–Crippen MR) is 46.5 cm³/mol. The van der Waals surface area contributed by atoms with Crippen molar-refractivity contribution in [2.75, 3.05) is 7.11 Å². The Morgan fingerprint density at radius 1 is 1.77 bits per heavy atom. The maximum Gasteiger partial charge on any atom is 0.331 e. The van der Waals surface area contributed by atoms with Gasteiger partial charge in [0, 0.05) is 6.08 Å². The number of nitrogens with one attached hydrogen (secondary N) is 1. The van der Waals surface area contributed by atoms with Gasteiger partial charge in [0.25, 0.3) is 5.91 Å². The zero-order chi connectivity index (χ0) is 10.0. The number of hydrogen-bond donors (Lipinski definition) is 2. The molecule has 3 N–H and O–H groups in total. The molecule has 70 valence electrons. The SMILES string of the molecule is COC(=O)/C=C1\SC(=N)N(N)C1=O. The van der Waals surface area contributed by atoms with Crippen LogP contribution in [-0.4, -0.2) is 29.2 Å². The van der Waals surface area contributed by atoms with Crippen molar-refractivity contribution in [1.29, 1.82) is 5.41 Å². The third-order valence-electron chi connectivity index (χ3n) is 1.31. The summed E-state index contributed by atoms with van der Waals surface area (Å²) < 4.78 is 4.32. The molecule has 1 saturated heterocycles. The highest BCUT2D eigenvalue weighted by molar-refractivity contribution is 8.18. The number of thioether (sulfide) groups is 1. The molecule has 0 atom stereocenters. The number of ether oxygens (including phenoxy) is 1. The van der Waals surface area contributed by atoms with E-state index in [0.717, 1.165) is 17.8 Å². The number of esters is 1. The first-order chi connectivity index (χ1) is 6.06. The minimum absolute atomic E-state index is 0.0966. The Balaban J connectivity index is 2.85. The Bertz CT molecular complexity index is 312. The average Bonchev–Trinajstić information content (AvgIpc) is 2.34. The van der Waals surface area contributed by atoms with Crippen LogP contribution in [0, 0.1) is 5.41 Å². The van der Waals surface area contributed by atoms with Crippen molar-refractivity contribution < 1.29 is 14.3 Å². The molecule has 1 rings (SSSR count). The summed E-state index contributed by atoms with van der Waals surface area (Å²) in [5.41, 5.74) is 0. The van der Waals surface area contributed by atoms with Gasteiger partial charge in [0.1, 0.15) is 0 Å². The zero-order valence-corrected chi connectivity index (χ0v) is 7.55. The summed E-state index contributed by atoms with van der Waals surface area (Å²) in [4.78, 5) is 22.0. The Labute approximate surface area is 78.2 Å². The minimum Gasteiger partial charge on any atom is -0.466 e. The van der Waals surface area contributed by atoms with Gasteiger partial charge in [-0.25, -0.2) is 15.6 Å². The number of nitrogens with two attached hydrogens (primary N) is 1. The highest BCUT2D eigenvalue weighted by Crippen LogP contribution is 2.27. The number of carbonyl (C=O) groups excluding carboxylic acids is 2. The van der Waals surface area contributed by atoms with Crippen molar-refractivity contribution in [3.8, 4) is 0 Å². The van der Waals surface area contributed by atoms with Gasteiger partial charge in [-0.3, -0.25) is 10.2 Å². The van der Waals surface area contributed by atoms with Crippen LogP contribution in [0.5, 0.6) is 0 Å². The largest absolute Gasteiger partial charge is 0.466 e. The number of amides is 1. The second-order valence-corrected chi connectivity index (χ2v) is 3.14. The van der Waals surface area contributed by atoms with Crippen LogP contribution in [0.4, 0.5) is 0 Å². The van der Waals surface area contributed by atoms with E-state index in [9.17, 15) is 9.59 Å². The Morgan fingerprint density at radius 2 is 2.38 bits per heavy atom. The molecular formula is C6H7N3O3S. The topological polar surface area (TPSA) is 96.5 Å². The van der Waals surface area contributed by atoms with E-state index >= 15 is 0 Å². The summed E-state index contributed by atoms with van der Waals surface area (Å²) in [6, 6.07) is 0. The first-order valence-corrected chi connectivity index (χ1v) is 4.03. The Hall–Kier alpha value is -1.34. The normalized spacial score (nSPS) is 19.8. The molecule has 0 aromatic carbocycles. The quantitative estimate of drug-likeness (QED) is 0.256. The lowest BCUT2D eigenvalue weighted by Gasteiger charge is -2.02. The summed E-state index contributed by atoms with van der Waals surface area (Å²) in [7, 11) is 1.20. The second kappa shape index (κ2) is 3.58. The maximum atomic E-state index is 11.1. The summed E-state index contributed by atoms with van der Waals surface area (Å²) in [6.45, 7) is 0. The smallest absolute Gasteiger partial charge is 0.331 e. The molecule has 1 aliphatic rings. The van der Waals surface area contributed by atoms with E-state index in [2.05, 4.69) is 4.74 Å². The van der Waals surface area contributed by atoms with Crippen molar-refractivity contribution >= 4 is 28.8 Å². The fraction of sp³-hybridized carbons (Fsp3) is 0.167. The van der Waals surface area contributed by atoms with E-state index in [-0.39, 0.29) is 10.1 Å². The fourth-order valence-corrected chi connectivity index (χ4v) is 1.40. The van der Waals surface area contributed by atoms with Gasteiger partial charge in [0.05, 0.1) is 12.0 Å². The van der Waals surface area contributed by atoms with Crippen molar-refractivity contribution in [3.05, 3.63) is 11.0 Å². The second-order valence-electron chi connectivity index (χ2n) is 2.11. The molecule has 6 nitrogen and oxygen atoms in total. The van der Waals surface area contributed by atoms with Gasteiger partial charge in [-0.15, -0.1) is 0 Å². The lowest BCUT2D eigenvalue weighted by molar-refractivity contribution is -0.135. The third kappa shape index (κ3) is 1.87. The fourth-order valence-electron chi connectivity index (χ4n) is 0.665. The van der Waals surface area contributed by atoms with Crippen LogP contribution in [0.3, 0.4) is 0 Å². The number of hydrazine groups is 1. The minimum atomic E-state index is -0.640. The number of carbonyl (C=O) groups is 2. The van der Waals surface area contributed by atoms with Gasteiger partial charge in [0.2, 0.25) is 0 Å². The molecule has 0 aromatic heterocycles. The van der Waals surface area contributed by atoms with Gasteiger partial charge in [-0.2, -0.15) is 0 Å². The molecule has 1 aliphatic heterocycles. The lowest BCUT2D eigenvalue weighted by Crippen LogP contribution is -2.35. The highest BCUT2D eigenvalue weighted by Gasteiger charge is 2.30. The number of rotatable bonds is 1. The van der Waals surface area contributed by atoms with E-state index in [0.29, 0.717) is 5.01 Å². The summed E-state index contributed by atoms with van der Waals surface area (Å²) in [6.07, 6.45) is 1.01. The molecule has 0 aliphatic carbocycles. The summed E-state index contributed by atoms with van der Waals surface area (Å²) in [5, 5.41) is 7.72. The molecule has 0 unspecified atom stereocenters. The van der Waals surface area contributed by atoms with Crippen molar-refractivity contribution in [2.45, 2.75) is 0 Å². The number of hydrogen-bond acceptors (Lipinski definition) is 6. The predicted octanol–water partition coefficient (Wildman–Crippen LogP) is -0.573. The van der Waals surface area contributed by atoms with Crippen molar-refractivity contribution in [1.82, 2.24) is 5.01 Å². The van der Waals surface area contributed by atoms with Crippen LogP contribution < -0.4 is 5.84 Å². The Kier molecular flexibility index (Phi) is 2.69. The molecule has 0 radical (unpaired) electrons. The first-order valence-electron chi connectivity index (χ1n) is 3.21. The molecular weight excluding hydrogens is 194 g/mol. The summed E-state index contributed by atoms with van der Waals surface area (Å²) >= 11 is 0.820. The van der Waals surface area contributed by atoms with Gasteiger partial charge in [0.15, 0.2) is 5.17 Å². The summed E-state index contributed by atoms with van der Waals surface area (Å²) in [5.74, 6) is 3.97. The van der Waals surface area contributed by atoms with Gasteiger partial charge < -0.3 is 4.74 Å². The van der Waals surface area contributed by atoms with Crippen molar-refractivity contribution in [3.63, 3.8) is 0 Å². The average molecular weight is 201 g/mol. The molecule has 1 heterocycles. The molecule has 1 amide bonds. The highest BCUT2D eigenvalue weighted by atomic mass is 32.2. The van der Waals surface area contributed by atoms with E-state index in [1.165, 1.54) is 7.11 Å². The standard InChI is InChI=1S/C6H7N3O3S/c1-12-4(10)2-3-5(11)9(8)6(7)13-3/h2,7H,8H2,1H3/b3-2-,7-6?. The van der Waals surface area contributed by atoms with E-state index in [4.69, 9.17) is 11.3 Å². The number of methoxy groups -OCH3 is 1. The van der Waals surface area contributed by atoms with Gasteiger partial charge >= 0.3 is 5.97 Å². The third-order valence-corrected chi connectivity index (χ3v) is 2.21. The Morgan fingerprint density at radius 3 is 2.77 bits per heavy atom. The molecule has 7 heteroatoms. The van der Waals surface area contributed by atoms with Crippen LogP contribution in [-0.2, 0) is 14.3 Å². The molecule has 1 fully saturated rings. The van der Waals surface area contributed by atoms with E-state index in [1.807, 2.05) is 0 Å². The van der Waals surface area contributed by atoms with E-state index in [1.54, 1.807) is 0 Å². The van der Waals surface area contributed by atoms with Crippen LogP contribution in [0.25, 0.3) is 0 Å². The van der Waals surface area contributed by atoms with Crippen LogP contribution >= 0.6 is 11.8 Å². The number of amidine groups is 1. The van der Waals surface area contributed by atoms with E-state index < -0.39 is 11.9 Å². The van der Waals surface area contributed by atoms with Crippen LogP contribution in [0.15, 0.2) is 11.0 Å². The van der Waals surface area contributed by atoms with Crippen molar-refractivity contribution in [2.24, 2.45) is 5.84 Å². The molecule has 0 spiro atoms. The van der Waals surface area contributed by atoms with Crippen LogP contribution in [0.1, 0.15) is 0 Å². The maximum absolute atomic E-state index is 11.1. The first kappa shape index (κ1) is 9.75. The molecule has 0 saturated carbocycles. The molecule has 0 aromatic rings. The monoisotopic (exact) mass is 201 g/mol. The van der Waals surface area contributed by atoms with Gasteiger partial charge in [-0.05, 0) is 11.8 Å². The zero-order valence-electron chi connectivity index (χ0n) is 6.73.